The molecule has 0 radical (unpaired) electrons. The summed E-state index contributed by atoms with van der Waals surface area (Å²) in [6, 6.07) is 14.6. The molecule has 1 N–H and O–H groups in total. The van der Waals surface area contributed by atoms with Crippen LogP contribution in [0.15, 0.2) is 59.5 Å². The van der Waals surface area contributed by atoms with Crippen LogP contribution in [0.4, 0.5) is 4.79 Å². The molecule has 0 atom stereocenters. The van der Waals surface area contributed by atoms with E-state index in [1.165, 1.54) is 13.2 Å². The molecule has 0 saturated carbocycles. The monoisotopic (exact) mass is 438 g/mol. The van der Waals surface area contributed by atoms with Crippen LogP contribution in [-0.4, -0.2) is 49.3 Å². The first-order valence-electron chi connectivity index (χ1n) is 9.50. The molecule has 2 aromatic carbocycles. The Labute approximate surface area is 184 Å². The zero-order chi connectivity index (χ0) is 22.2. The summed E-state index contributed by atoms with van der Waals surface area (Å²) in [7, 11) is 3.09. The zero-order valence-electron chi connectivity index (χ0n) is 17.2. The molecule has 8 heteroatoms. The Bertz CT molecular complexity index is 1030. The smallest absolute Gasteiger partial charge is 0.293 e. The van der Waals surface area contributed by atoms with Crippen molar-refractivity contribution in [2.24, 2.45) is 0 Å². The van der Waals surface area contributed by atoms with Gasteiger partial charge >= 0.3 is 0 Å². The van der Waals surface area contributed by atoms with Crippen molar-refractivity contribution in [2.45, 2.75) is 0 Å². The third kappa shape index (κ3) is 5.76. The molecular formula is C23H22N2O5S. The summed E-state index contributed by atoms with van der Waals surface area (Å²) in [4.78, 5) is 38.2. The molecule has 31 heavy (non-hydrogen) atoms. The molecule has 0 bridgehead atoms. The van der Waals surface area contributed by atoms with E-state index in [-0.39, 0.29) is 30.1 Å². The minimum atomic E-state index is -0.353. The first-order valence-corrected chi connectivity index (χ1v) is 10.3. The van der Waals surface area contributed by atoms with Crippen molar-refractivity contribution in [1.29, 1.82) is 0 Å². The number of ether oxygens (including phenoxy) is 2. The molecule has 1 fully saturated rings. The standard InChI is InChI=1S/C23H22N2O5S/c1-29-18-10-8-17(14-19(18)30-2)9-11-21(26)24-12-13-25-22(27)20(31-23(25)28)15-16-6-4-3-5-7-16/h3-11,14-15H,12-13H2,1-2H3,(H,24,26)/b11-9+,20-15-. The van der Waals surface area contributed by atoms with Gasteiger partial charge in [0.15, 0.2) is 11.5 Å². The number of amides is 3. The van der Waals surface area contributed by atoms with Crippen LogP contribution in [0.25, 0.3) is 12.2 Å². The van der Waals surface area contributed by atoms with Crippen LogP contribution in [0.2, 0.25) is 0 Å². The van der Waals surface area contributed by atoms with Gasteiger partial charge in [-0.15, -0.1) is 0 Å². The summed E-state index contributed by atoms with van der Waals surface area (Å²) in [6.07, 6.45) is 4.71. The molecule has 0 spiro atoms. The molecule has 2 aromatic rings. The number of thioether (sulfide) groups is 1. The highest BCUT2D eigenvalue weighted by atomic mass is 32.2. The fourth-order valence-electron chi connectivity index (χ4n) is 2.87. The number of hydrogen-bond acceptors (Lipinski definition) is 6. The lowest BCUT2D eigenvalue weighted by Gasteiger charge is -2.12. The number of hydrogen-bond donors (Lipinski definition) is 1. The maximum absolute atomic E-state index is 12.5. The number of benzene rings is 2. The SMILES string of the molecule is COc1ccc(/C=C/C(=O)NCCN2C(=O)S/C(=C\c3ccccc3)C2=O)cc1OC. The highest BCUT2D eigenvalue weighted by Crippen LogP contribution is 2.32. The molecule has 7 nitrogen and oxygen atoms in total. The topological polar surface area (TPSA) is 84.9 Å². The van der Waals surface area contributed by atoms with Crippen LogP contribution in [0.5, 0.6) is 11.5 Å². The van der Waals surface area contributed by atoms with Gasteiger partial charge in [-0.05, 0) is 47.2 Å². The van der Waals surface area contributed by atoms with Gasteiger partial charge in [0.05, 0.1) is 19.1 Å². The van der Waals surface area contributed by atoms with Crippen molar-refractivity contribution < 1.29 is 23.9 Å². The lowest BCUT2D eigenvalue weighted by Crippen LogP contribution is -2.36. The summed E-state index contributed by atoms with van der Waals surface area (Å²) in [6.45, 7) is 0.262. The van der Waals surface area contributed by atoms with Crippen molar-refractivity contribution in [3.63, 3.8) is 0 Å². The van der Waals surface area contributed by atoms with Crippen molar-refractivity contribution in [3.8, 4) is 11.5 Å². The van der Waals surface area contributed by atoms with Crippen LogP contribution in [0.1, 0.15) is 11.1 Å². The van der Waals surface area contributed by atoms with E-state index in [0.717, 1.165) is 27.8 Å². The summed E-state index contributed by atoms with van der Waals surface area (Å²) >= 11 is 0.899. The van der Waals surface area contributed by atoms with E-state index in [4.69, 9.17) is 9.47 Å². The Balaban J connectivity index is 1.52. The van der Waals surface area contributed by atoms with Crippen LogP contribution >= 0.6 is 11.8 Å². The number of nitrogens with one attached hydrogen (secondary N) is 1. The number of imide groups is 1. The molecule has 1 aliphatic rings. The molecule has 0 unspecified atom stereocenters. The third-order valence-electron chi connectivity index (χ3n) is 4.44. The fourth-order valence-corrected chi connectivity index (χ4v) is 3.74. The van der Waals surface area contributed by atoms with E-state index >= 15 is 0 Å². The van der Waals surface area contributed by atoms with Gasteiger partial charge in [0, 0.05) is 19.2 Å². The minimum absolute atomic E-state index is 0.104. The molecule has 160 valence electrons. The average Bonchev–Trinajstić information content (AvgIpc) is 3.05. The largest absolute Gasteiger partial charge is 0.493 e. The van der Waals surface area contributed by atoms with Crippen molar-refractivity contribution in [1.82, 2.24) is 10.2 Å². The van der Waals surface area contributed by atoms with Gasteiger partial charge in [0.25, 0.3) is 11.1 Å². The van der Waals surface area contributed by atoms with Gasteiger partial charge in [0.1, 0.15) is 0 Å². The zero-order valence-corrected chi connectivity index (χ0v) is 18.0. The number of rotatable bonds is 8. The number of methoxy groups -OCH3 is 2. The molecule has 3 rings (SSSR count). The molecular weight excluding hydrogens is 416 g/mol. The minimum Gasteiger partial charge on any atom is -0.493 e. The summed E-state index contributed by atoms with van der Waals surface area (Å²) in [5.74, 6) is 0.478. The van der Waals surface area contributed by atoms with E-state index in [0.29, 0.717) is 16.4 Å². The Kier molecular flexibility index (Phi) is 7.50. The van der Waals surface area contributed by atoms with Gasteiger partial charge < -0.3 is 14.8 Å². The molecule has 0 aliphatic carbocycles. The van der Waals surface area contributed by atoms with Crippen LogP contribution in [0, 0.1) is 0 Å². The second kappa shape index (κ2) is 10.5. The quantitative estimate of drug-likeness (QED) is 0.635. The highest BCUT2D eigenvalue weighted by molar-refractivity contribution is 8.18. The lowest BCUT2D eigenvalue weighted by molar-refractivity contribution is -0.123. The maximum atomic E-state index is 12.5. The highest BCUT2D eigenvalue weighted by Gasteiger charge is 2.34. The predicted octanol–water partition coefficient (Wildman–Crippen LogP) is 3.57. The van der Waals surface area contributed by atoms with Crippen LogP contribution < -0.4 is 14.8 Å². The van der Waals surface area contributed by atoms with Crippen molar-refractivity contribution in [2.75, 3.05) is 27.3 Å². The van der Waals surface area contributed by atoms with E-state index in [1.807, 2.05) is 30.3 Å². The first-order chi connectivity index (χ1) is 15.0. The summed E-state index contributed by atoms with van der Waals surface area (Å²) < 4.78 is 10.4. The Morgan fingerprint density at radius 3 is 2.48 bits per heavy atom. The Hall–Kier alpha value is -3.52. The van der Waals surface area contributed by atoms with E-state index < -0.39 is 0 Å². The number of carbonyl (C=O) groups is 3. The van der Waals surface area contributed by atoms with E-state index in [9.17, 15) is 14.4 Å². The van der Waals surface area contributed by atoms with Crippen molar-refractivity contribution in [3.05, 3.63) is 70.6 Å². The Morgan fingerprint density at radius 1 is 1.03 bits per heavy atom. The van der Waals surface area contributed by atoms with E-state index in [2.05, 4.69) is 5.32 Å². The molecule has 0 aromatic heterocycles. The fraction of sp³-hybridized carbons (Fsp3) is 0.174. The molecule has 1 saturated heterocycles. The van der Waals surface area contributed by atoms with Gasteiger partial charge in [-0.2, -0.15) is 0 Å². The van der Waals surface area contributed by atoms with Gasteiger partial charge in [-0.1, -0.05) is 36.4 Å². The molecule has 1 heterocycles. The normalized spacial score (nSPS) is 15.0. The third-order valence-corrected chi connectivity index (χ3v) is 5.35. The van der Waals surface area contributed by atoms with Gasteiger partial charge in [-0.3, -0.25) is 19.3 Å². The number of nitrogens with zero attached hydrogens (tertiary/aromatic N) is 1. The van der Waals surface area contributed by atoms with Crippen LogP contribution in [0.3, 0.4) is 0 Å². The second-order valence-electron chi connectivity index (χ2n) is 6.48. The second-order valence-corrected chi connectivity index (χ2v) is 7.48. The predicted molar refractivity (Wildman–Crippen MR) is 121 cm³/mol. The van der Waals surface area contributed by atoms with Crippen molar-refractivity contribution >= 4 is 41.0 Å². The molecule has 1 aliphatic heterocycles. The first kappa shape index (κ1) is 22.2. The lowest BCUT2D eigenvalue weighted by atomic mass is 10.2. The van der Waals surface area contributed by atoms with Gasteiger partial charge in [0.2, 0.25) is 5.91 Å². The summed E-state index contributed by atoms with van der Waals surface area (Å²) in [5, 5.41) is 2.33. The number of carbonyl (C=O) groups excluding carboxylic acids is 3. The van der Waals surface area contributed by atoms with Crippen LogP contribution in [-0.2, 0) is 9.59 Å². The average molecular weight is 439 g/mol. The Morgan fingerprint density at radius 2 is 1.77 bits per heavy atom. The maximum Gasteiger partial charge on any atom is 0.293 e. The van der Waals surface area contributed by atoms with Gasteiger partial charge in [-0.25, -0.2) is 0 Å². The van der Waals surface area contributed by atoms with E-state index in [1.54, 1.807) is 37.5 Å². The summed E-state index contributed by atoms with van der Waals surface area (Å²) in [5.41, 5.74) is 1.62. The molecule has 3 amide bonds.